The van der Waals surface area contributed by atoms with Crippen molar-refractivity contribution in [3.05, 3.63) is 28.3 Å². The molecular weight excluding hydrogens is 366 g/mol. The van der Waals surface area contributed by atoms with Crippen LogP contribution >= 0.6 is 0 Å². The van der Waals surface area contributed by atoms with Gasteiger partial charge in [-0.2, -0.15) is 0 Å². The monoisotopic (exact) mass is 387 g/mol. The molecule has 144 valence electrons. The van der Waals surface area contributed by atoms with E-state index in [-0.39, 0.29) is 22.9 Å². The molecule has 0 bridgehead atoms. The predicted octanol–water partition coefficient (Wildman–Crippen LogP) is 1.50. The summed E-state index contributed by atoms with van der Waals surface area (Å²) in [5.74, 6) is 0.0204. The van der Waals surface area contributed by atoms with E-state index in [0.717, 1.165) is 6.07 Å². The molecule has 0 aliphatic carbocycles. The van der Waals surface area contributed by atoms with Gasteiger partial charge in [0.1, 0.15) is 10.6 Å². The van der Waals surface area contributed by atoms with E-state index in [1.54, 1.807) is 6.92 Å². The second-order valence-corrected chi connectivity index (χ2v) is 7.36. The minimum Gasteiger partial charge on any atom is -0.495 e. The fourth-order valence-electron chi connectivity index (χ4n) is 2.67. The number of hydrogen-bond donors (Lipinski definition) is 1. The third-order valence-corrected chi connectivity index (χ3v) is 5.53. The van der Waals surface area contributed by atoms with Gasteiger partial charge >= 0.3 is 6.09 Å². The minimum absolute atomic E-state index is 0.0204. The van der Waals surface area contributed by atoms with Crippen LogP contribution in [0, 0.1) is 10.1 Å². The number of ether oxygens (including phenoxy) is 2. The number of carbonyl (C=O) groups excluding carboxylic acids is 1. The molecule has 1 heterocycles. The van der Waals surface area contributed by atoms with Crippen LogP contribution in [0.3, 0.4) is 0 Å². The van der Waals surface area contributed by atoms with Crippen molar-refractivity contribution in [2.45, 2.75) is 30.7 Å². The van der Waals surface area contributed by atoms with Crippen LogP contribution in [0.4, 0.5) is 10.5 Å². The van der Waals surface area contributed by atoms with Crippen LogP contribution in [-0.4, -0.2) is 57.2 Å². The molecule has 1 aliphatic rings. The molecule has 1 saturated heterocycles. The Morgan fingerprint density at radius 3 is 2.58 bits per heavy atom. The number of methoxy groups -OCH3 is 1. The van der Waals surface area contributed by atoms with Crippen LogP contribution in [0.2, 0.25) is 0 Å². The molecule has 0 aromatic heterocycles. The maximum atomic E-state index is 12.7. The largest absolute Gasteiger partial charge is 0.495 e. The van der Waals surface area contributed by atoms with E-state index >= 15 is 0 Å². The number of nitrogens with zero attached hydrogens (tertiary/aromatic N) is 2. The third-order valence-electron chi connectivity index (χ3n) is 3.99. The van der Waals surface area contributed by atoms with Gasteiger partial charge in [-0.3, -0.25) is 10.1 Å². The van der Waals surface area contributed by atoms with Gasteiger partial charge in [-0.25, -0.2) is 17.9 Å². The summed E-state index contributed by atoms with van der Waals surface area (Å²) in [4.78, 5) is 23.2. The SMILES string of the molecule is CCOC(=O)N1CCC(NS(=O)(=O)c2cc([N+](=O)[O-])ccc2OC)CC1. The quantitative estimate of drug-likeness (QED) is 0.578. The first-order chi connectivity index (χ1) is 12.3. The van der Waals surface area contributed by atoms with E-state index in [9.17, 15) is 23.3 Å². The minimum atomic E-state index is -4.02. The normalized spacial score (nSPS) is 15.5. The van der Waals surface area contributed by atoms with Gasteiger partial charge in [-0.1, -0.05) is 0 Å². The van der Waals surface area contributed by atoms with E-state index in [2.05, 4.69) is 4.72 Å². The van der Waals surface area contributed by atoms with E-state index in [1.165, 1.54) is 24.1 Å². The maximum absolute atomic E-state index is 12.7. The zero-order chi connectivity index (χ0) is 19.3. The Bertz CT molecular complexity index is 773. The molecule has 1 amide bonds. The van der Waals surface area contributed by atoms with Gasteiger partial charge in [0.25, 0.3) is 5.69 Å². The summed E-state index contributed by atoms with van der Waals surface area (Å²) < 4.78 is 37.8. The fourth-order valence-corrected chi connectivity index (χ4v) is 4.16. The highest BCUT2D eigenvalue weighted by Crippen LogP contribution is 2.28. The van der Waals surface area contributed by atoms with Crippen molar-refractivity contribution in [2.75, 3.05) is 26.8 Å². The van der Waals surface area contributed by atoms with Gasteiger partial charge in [0, 0.05) is 31.3 Å². The highest BCUT2D eigenvalue weighted by molar-refractivity contribution is 7.89. The fraction of sp³-hybridized carbons (Fsp3) is 0.533. The molecule has 1 aromatic carbocycles. The van der Waals surface area contributed by atoms with Gasteiger partial charge in [-0.15, -0.1) is 0 Å². The standard InChI is InChI=1S/C15H21N3O7S/c1-3-25-15(19)17-8-6-11(7-9-17)16-26(22,23)14-10-12(18(20)21)4-5-13(14)24-2/h4-5,10-11,16H,3,6-9H2,1-2H3. The number of carbonyl (C=O) groups is 1. The van der Waals surface area contributed by atoms with Gasteiger partial charge < -0.3 is 14.4 Å². The average molecular weight is 387 g/mol. The van der Waals surface area contributed by atoms with Gasteiger partial charge in [0.05, 0.1) is 18.6 Å². The molecule has 0 spiro atoms. The summed E-state index contributed by atoms with van der Waals surface area (Å²) >= 11 is 0. The lowest BCUT2D eigenvalue weighted by Crippen LogP contribution is -2.46. The summed E-state index contributed by atoms with van der Waals surface area (Å²) in [6.45, 7) is 2.71. The highest BCUT2D eigenvalue weighted by Gasteiger charge is 2.29. The first kappa shape index (κ1) is 19.9. The lowest BCUT2D eigenvalue weighted by Gasteiger charge is -2.31. The van der Waals surface area contributed by atoms with Crippen molar-refractivity contribution in [1.82, 2.24) is 9.62 Å². The van der Waals surface area contributed by atoms with Crippen LogP contribution in [-0.2, 0) is 14.8 Å². The van der Waals surface area contributed by atoms with Crippen LogP contribution in [0.25, 0.3) is 0 Å². The summed E-state index contributed by atoms with van der Waals surface area (Å²) in [5, 5.41) is 10.9. The molecule has 10 nitrogen and oxygen atoms in total. The average Bonchev–Trinajstić information content (AvgIpc) is 2.61. The topological polar surface area (TPSA) is 128 Å². The summed E-state index contributed by atoms with van der Waals surface area (Å²) in [7, 11) is -2.73. The van der Waals surface area contributed by atoms with Crippen LogP contribution < -0.4 is 9.46 Å². The van der Waals surface area contributed by atoms with Crippen molar-refractivity contribution < 1.29 is 27.6 Å². The van der Waals surface area contributed by atoms with Crippen LogP contribution in [0.15, 0.2) is 23.1 Å². The van der Waals surface area contributed by atoms with Gasteiger partial charge in [-0.05, 0) is 25.8 Å². The Hall–Kier alpha value is -2.40. The lowest BCUT2D eigenvalue weighted by atomic mass is 10.1. The molecule has 0 saturated carbocycles. The lowest BCUT2D eigenvalue weighted by molar-refractivity contribution is -0.385. The van der Waals surface area contributed by atoms with Gasteiger partial charge in [0.15, 0.2) is 0 Å². The third kappa shape index (κ3) is 4.61. The molecule has 0 atom stereocenters. The number of nitro benzene ring substituents is 1. The number of likely N-dealkylation sites (tertiary alicyclic amines) is 1. The van der Waals surface area contributed by atoms with Crippen molar-refractivity contribution in [1.29, 1.82) is 0 Å². The molecule has 1 aliphatic heterocycles. The van der Waals surface area contributed by atoms with Crippen molar-refractivity contribution in [2.24, 2.45) is 0 Å². The number of hydrogen-bond acceptors (Lipinski definition) is 7. The number of piperidine rings is 1. The molecule has 1 aromatic rings. The van der Waals surface area contributed by atoms with Crippen molar-refractivity contribution >= 4 is 21.8 Å². The molecule has 0 unspecified atom stereocenters. The molecule has 2 rings (SSSR count). The molecule has 1 fully saturated rings. The Morgan fingerprint density at radius 2 is 2.04 bits per heavy atom. The first-order valence-corrected chi connectivity index (χ1v) is 9.53. The number of rotatable bonds is 6. The molecule has 0 radical (unpaired) electrons. The molecule has 26 heavy (non-hydrogen) atoms. The Kier molecular flexibility index (Phi) is 6.37. The maximum Gasteiger partial charge on any atom is 0.409 e. The Labute approximate surface area is 151 Å². The number of non-ortho nitro benzene ring substituents is 1. The summed E-state index contributed by atoms with van der Waals surface area (Å²) in [6.07, 6.45) is 0.402. The van der Waals surface area contributed by atoms with Crippen LogP contribution in [0.1, 0.15) is 19.8 Å². The highest BCUT2D eigenvalue weighted by atomic mass is 32.2. The number of nitro groups is 1. The zero-order valence-corrected chi connectivity index (χ0v) is 15.3. The zero-order valence-electron chi connectivity index (χ0n) is 14.5. The number of benzene rings is 1. The van der Waals surface area contributed by atoms with Crippen molar-refractivity contribution in [3.8, 4) is 5.75 Å². The second kappa shape index (κ2) is 8.32. The van der Waals surface area contributed by atoms with E-state index < -0.39 is 27.1 Å². The number of amides is 1. The number of nitrogens with one attached hydrogen (secondary N) is 1. The Balaban J connectivity index is 2.11. The molecular formula is C15H21N3O7S. The molecule has 11 heteroatoms. The molecule has 1 N–H and O–H groups in total. The van der Waals surface area contributed by atoms with E-state index in [1.807, 2.05) is 0 Å². The Morgan fingerprint density at radius 1 is 1.38 bits per heavy atom. The van der Waals surface area contributed by atoms with E-state index in [4.69, 9.17) is 9.47 Å². The second-order valence-electron chi connectivity index (χ2n) is 5.67. The predicted molar refractivity (Wildman–Crippen MR) is 91.6 cm³/mol. The van der Waals surface area contributed by atoms with Crippen molar-refractivity contribution in [3.63, 3.8) is 0 Å². The summed E-state index contributed by atoms with van der Waals surface area (Å²) in [6, 6.07) is 3.00. The van der Waals surface area contributed by atoms with Gasteiger partial charge in [0.2, 0.25) is 10.0 Å². The first-order valence-electron chi connectivity index (χ1n) is 8.05. The number of sulfonamides is 1. The van der Waals surface area contributed by atoms with Crippen LogP contribution in [0.5, 0.6) is 5.75 Å². The smallest absolute Gasteiger partial charge is 0.409 e. The summed E-state index contributed by atoms with van der Waals surface area (Å²) in [5.41, 5.74) is -0.344. The van der Waals surface area contributed by atoms with E-state index in [0.29, 0.717) is 25.9 Å².